The van der Waals surface area contributed by atoms with Crippen molar-refractivity contribution < 1.29 is 19.0 Å². The van der Waals surface area contributed by atoms with E-state index in [0.29, 0.717) is 37.5 Å². The Kier molecular flexibility index (Phi) is 5.66. The Balaban J connectivity index is 1.96. The van der Waals surface area contributed by atoms with Crippen LogP contribution in [0.4, 0.5) is 0 Å². The van der Waals surface area contributed by atoms with Crippen molar-refractivity contribution in [3.63, 3.8) is 0 Å². The second kappa shape index (κ2) is 7.49. The minimum atomic E-state index is 0.0961. The first-order valence-corrected chi connectivity index (χ1v) is 7.68. The number of nitrogens with zero attached hydrogens (tertiary/aromatic N) is 1. The van der Waals surface area contributed by atoms with Crippen LogP contribution in [0.2, 0.25) is 0 Å². The first kappa shape index (κ1) is 16.6. The zero-order valence-corrected chi connectivity index (χ0v) is 13.8. The summed E-state index contributed by atoms with van der Waals surface area (Å²) in [5, 5.41) is 0. The Morgan fingerprint density at radius 3 is 2.68 bits per heavy atom. The van der Waals surface area contributed by atoms with Gasteiger partial charge >= 0.3 is 0 Å². The molecule has 0 radical (unpaired) electrons. The maximum Gasteiger partial charge on any atom is 0.223 e. The number of carbonyl (C=O) groups is 1. The van der Waals surface area contributed by atoms with Gasteiger partial charge in [-0.25, -0.2) is 0 Å². The lowest BCUT2D eigenvalue weighted by Crippen LogP contribution is -2.51. The van der Waals surface area contributed by atoms with Gasteiger partial charge in [0.15, 0.2) is 11.5 Å². The van der Waals surface area contributed by atoms with Crippen LogP contribution < -0.4 is 9.47 Å². The summed E-state index contributed by atoms with van der Waals surface area (Å²) in [6.45, 7) is 5.35. The molecule has 1 aliphatic rings. The van der Waals surface area contributed by atoms with E-state index in [9.17, 15) is 4.79 Å². The number of ether oxygens (including phenoxy) is 3. The van der Waals surface area contributed by atoms with Gasteiger partial charge in [-0.1, -0.05) is 6.07 Å². The van der Waals surface area contributed by atoms with Crippen LogP contribution in [0.25, 0.3) is 0 Å². The average molecular weight is 307 g/mol. The molecule has 122 valence electrons. The van der Waals surface area contributed by atoms with Crippen molar-refractivity contribution in [1.82, 2.24) is 4.90 Å². The molecule has 1 saturated heterocycles. The number of methoxy groups -OCH3 is 2. The summed E-state index contributed by atoms with van der Waals surface area (Å²) < 4.78 is 16.1. The molecule has 1 heterocycles. The quantitative estimate of drug-likeness (QED) is 0.837. The van der Waals surface area contributed by atoms with E-state index >= 15 is 0 Å². The minimum Gasteiger partial charge on any atom is -0.493 e. The summed E-state index contributed by atoms with van der Waals surface area (Å²) >= 11 is 0. The van der Waals surface area contributed by atoms with E-state index in [0.717, 1.165) is 5.56 Å². The van der Waals surface area contributed by atoms with Gasteiger partial charge in [0.25, 0.3) is 0 Å². The van der Waals surface area contributed by atoms with Gasteiger partial charge in [-0.05, 0) is 38.0 Å². The Morgan fingerprint density at radius 2 is 2.00 bits per heavy atom. The fraction of sp³-hybridized carbons (Fsp3) is 0.588. The highest BCUT2D eigenvalue weighted by molar-refractivity contribution is 5.77. The molecule has 22 heavy (non-hydrogen) atoms. The van der Waals surface area contributed by atoms with Crippen LogP contribution in [0.15, 0.2) is 18.2 Å². The van der Waals surface area contributed by atoms with Crippen molar-refractivity contribution in [2.24, 2.45) is 0 Å². The third-order valence-electron chi connectivity index (χ3n) is 4.28. The average Bonchev–Trinajstić information content (AvgIpc) is 2.54. The molecule has 1 fully saturated rings. The zero-order chi connectivity index (χ0) is 16.1. The largest absolute Gasteiger partial charge is 0.493 e. The van der Waals surface area contributed by atoms with E-state index in [1.54, 1.807) is 14.2 Å². The summed E-state index contributed by atoms with van der Waals surface area (Å²) in [6.07, 6.45) is 1.28. The van der Waals surface area contributed by atoms with Gasteiger partial charge in [0.05, 0.1) is 33.0 Å². The molecule has 5 nitrogen and oxygen atoms in total. The van der Waals surface area contributed by atoms with Crippen LogP contribution >= 0.6 is 0 Å². The SMILES string of the molecule is COc1ccc(CCC(=O)N2CCOC(C)C2C)cc1OC. The van der Waals surface area contributed by atoms with Gasteiger partial charge < -0.3 is 19.1 Å². The second-order valence-corrected chi connectivity index (χ2v) is 5.59. The molecule has 5 heteroatoms. The molecule has 0 bridgehead atoms. The second-order valence-electron chi connectivity index (χ2n) is 5.59. The predicted molar refractivity (Wildman–Crippen MR) is 84.5 cm³/mol. The highest BCUT2D eigenvalue weighted by Gasteiger charge is 2.28. The fourth-order valence-electron chi connectivity index (χ4n) is 2.72. The molecule has 2 unspecified atom stereocenters. The van der Waals surface area contributed by atoms with Gasteiger partial charge in [-0.2, -0.15) is 0 Å². The lowest BCUT2D eigenvalue weighted by Gasteiger charge is -2.38. The highest BCUT2D eigenvalue weighted by Crippen LogP contribution is 2.28. The lowest BCUT2D eigenvalue weighted by atomic mass is 10.1. The third kappa shape index (κ3) is 3.71. The molecule has 0 N–H and O–H groups in total. The number of morpholine rings is 1. The van der Waals surface area contributed by atoms with Crippen molar-refractivity contribution >= 4 is 5.91 Å². The molecule has 1 amide bonds. The van der Waals surface area contributed by atoms with Crippen LogP contribution in [0.5, 0.6) is 11.5 Å². The van der Waals surface area contributed by atoms with Crippen LogP contribution in [0, 0.1) is 0 Å². The van der Waals surface area contributed by atoms with Gasteiger partial charge in [0.2, 0.25) is 5.91 Å². The summed E-state index contributed by atoms with van der Waals surface area (Å²) in [7, 11) is 3.23. The number of hydrogen-bond acceptors (Lipinski definition) is 4. The van der Waals surface area contributed by atoms with Crippen LogP contribution in [0.3, 0.4) is 0 Å². The predicted octanol–water partition coefficient (Wildman–Crippen LogP) is 2.27. The summed E-state index contributed by atoms with van der Waals surface area (Å²) in [4.78, 5) is 14.3. The van der Waals surface area contributed by atoms with E-state index in [2.05, 4.69) is 0 Å². The molecule has 2 rings (SSSR count). The van der Waals surface area contributed by atoms with E-state index in [1.807, 2.05) is 36.9 Å². The van der Waals surface area contributed by atoms with E-state index in [4.69, 9.17) is 14.2 Å². The fourth-order valence-corrected chi connectivity index (χ4v) is 2.72. The molecule has 1 aliphatic heterocycles. The van der Waals surface area contributed by atoms with E-state index in [1.165, 1.54) is 0 Å². The molecular formula is C17H25NO4. The summed E-state index contributed by atoms with van der Waals surface area (Å²) in [5.74, 6) is 1.58. The number of benzene rings is 1. The standard InChI is InChI=1S/C17H25NO4/c1-12-13(2)22-10-9-18(12)17(19)8-6-14-5-7-15(20-3)16(11-14)21-4/h5,7,11-13H,6,8-10H2,1-4H3. The molecule has 0 spiro atoms. The number of carbonyl (C=O) groups excluding carboxylic acids is 1. The van der Waals surface area contributed by atoms with Crippen molar-refractivity contribution in [2.75, 3.05) is 27.4 Å². The van der Waals surface area contributed by atoms with Gasteiger partial charge in [0.1, 0.15) is 0 Å². The monoisotopic (exact) mass is 307 g/mol. The normalized spacial score (nSPS) is 21.5. The smallest absolute Gasteiger partial charge is 0.223 e. The van der Waals surface area contributed by atoms with Crippen molar-refractivity contribution in [3.05, 3.63) is 23.8 Å². The Bertz CT molecular complexity index is 517. The number of amides is 1. The summed E-state index contributed by atoms with van der Waals surface area (Å²) in [6, 6.07) is 5.90. The van der Waals surface area contributed by atoms with Gasteiger partial charge in [-0.3, -0.25) is 4.79 Å². The van der Waals surface area contributed by atoms with Crippen LogP contribution in [-0.4, -0.2) is 50.3 Å². The molecule has 2 atom stereocenters. The minimum absolute atomic E-state index is 0.0961. The van der Waals surface area contributed by atoms with Crippen molar-refractivity contribution in [3.8, 4) is 11.5 Å². The van der Waals surface area contributed by atoms with Crippen LogP contribution in [0.1, 0.15) is 25.8 Å². The number of rotatable bonds is 5. The summed E-state index contributed by atoms with van der Waals surface area (Å²) in [5.41, 5.74) is 1.07. The zero-order valence-electron chi connectivity index (χ0n) is 13.8. The molecular weight excluding hydrogens is 282 g/mol. The number of aryl methyl sites for hydroxylation is 1. The van der Waals surface area contributed by atoms with E-state index in [-0.39, 0.29) is 18.1 Å². The number of hydrogen-bond donors (Lipinski definition) is 0. The molecule has 1 aromatic carbocycles. The lowest BCUT2D eigenvalue weighted by molar-refractivity contribution is -0.143. The van der Waals surface area contributed by atoms with Crippen molar-refractivity contribution in [1.29, 1.82) is 0 Å². The maximum atomic E-state index is 12.4. The molecule has 1 aromatic rings. The van der Waals surface area contributed by atoms with Gasteiger partial charge in [0, 0.05) is 13.0 Å². The van der Waals surface area contributed by atoms with Crippen LogP contribution in [-0.2, 0) is 16.0 Å². The first-order valence-electron chi connectivity index (χ1n) is 7.68. The third-order valence-corrected chi connectivity index (χ3v) is 4.28. The molecule has 0 aliphatic carbocycles. The maximum absolute atomic E-state index is 12.4. The van der Waals surface area contributed by atoms with E-state index < -0.39 is 0 Å². The van der Waals surface area contributed by atoms with Crippen molar-refractivity contribution in [2.45, 2.75) is 38.8 Å². The van der Waals surface area contributed by atoms with Gasteiger partial charge in [-0.15, -0.1) is 0 Å². The molecule has 0 saturated carbocycles. The Morgan fingerprint density at radius 1 is 1.27 bits per heavy atom. The Labute approximate surface area is 132 Å². The molecule has 0 aromatic heterocycles. The first-order chi connectivity index (χ1) is 10.6. The topological polar surface area (TPSA) is 48.0 Å². The Hall–Kier alpha value is -1.75. The highest BCUT2D eigenvalue weighted by atomic mass is 16.5.